The molecule has 1 N–H and O–H groups in total. The van der Waals surface area contributed by atoms with Gasteiger partial charge in [-0.05, 0) is 53.9 Å². The Labute approximate surface area is 181 Å². The third-order valence-corrected chi connectivity index (χ3v) is 7.60. The summed E-state index contributed by atoms with van der Waals surface area (Å²) in [6.07, 6.45) is 0.951. The van der Waals surface area contributed by atoms with Crippen LogP contribution in [0.2, 0.25) is 0 Å². The van der Waals surface area contributed by atoms with Crippen molar-refractivity contribution in [2.75, 3.05) is 15.4 Å². The fraction of sp³-hybridized carbons (Fsp3) is 0.174. The molecule has 154 valence electrons. The number of thioether (sulfide) groups is 1. The maximum atomic E-state index is 12.5. The van der Waals surface area contributed by atoms with Crippen molar-refractivity contribution in [2.45, 2.75) is 23.6 Å². The quantitative estimate of drug-likeness (QED) is 0.599. The summed E-state index contributed by atoms with van der Waals surface area (Å²) in [5, 5.41) is -0.134. The van der Waals surface area contributed by atoms with Gasteiger partial charge >= 0.3 is 0 Å². The lowest BCUT2D eigenvalue weighted by atomic mass is 10.1. The molecule has 0 radical (unpaired) electrons. The number of nitrogens with zero attached hydrogens (tertiary/aromatic N) is 1. The van der Waals surface area contributed by atoms with Crippen molar-refractivity contribution < 1.29 is 13.2 Å². The lowest BCUT2D eigenvalue weighted by Crippen LogP contribution is -2.27. The first-order valence-corrected chi connectivity index (χ1v) is 12.2. The molecule has 1 atom stereocenters. The van der Waals surface area contributed by atoms with Crippen LogP contribution < -0.4 is 9.62 Å². The van der Waals surface area contributed by atoms with Crippen LogP contribution in [-0.2, 0) is 21.2 Å². The summed E-state index contributed by atoms with van der Waals surface area (Å²) in [5.41, 5.74) is 3.54. The summed E-state index contributed by atoms with van der Waals surface area (Å²) in [6.45, 7) is 2.10. The molecule has 0 aromatic heterocycles. The Morgan fingerprint density at radius 3 is 2.27 bits per heavy atom. The predicted molar refractivity (Wildman–Crippen MR) is 122 cm³/mol. The highest BCUT2D eigenvalue weighted by atomic mass is 32.2. The Balaban J connectivity index is 1.55. The van der Waals surface area contributed by atoms with Gasteiger partial charge in [-0.25, -0.2) is 8.42 Å². The molecular formula is C23H22N2O3S2. The summed E-state index contributed by atoms with van der Waals surface area (Å²) >= 11 is 1.57. The molecule has 1 aliphatic rings. The summed E-state index contributed by atoms with van der Waals surface area (Å²) in [7, 11) is -3.63. The number of carbonyl (C=O) groups excluding carboxylic acids is 1. The molecule has 3 aromatic rings. The Hall–Kier alpha value is -2.77. The van der Waals surface area contributed by atoms with E-state index in [1.807, 2.05) is 41.3 Å². The number of rotatable bonds is 6. The van der Waals surface area contributed by atoms with Crippen LogP contribution in [0.4, 0.5) is 11.4 Å². The van der Waals surface area contributed by atoms with E-state index in [2.05, 4.69) is 11.6 Å². The van der Waals surface area contributed by atoms with Crippen molar-refractivity contribution in [1.29, 1.82) is 0 Å². The van der Waals surface area contributed by atoms with Crippen molar-refractivity contribution in [3.8, 4) is 0 Å². The molecule has 0 saturated carbocycles. The Kier molecular flexibility index (Phi) is 5.83. The summed E-state index contributed by atoms with van der Waals surface area (Å²) in [6, 6.07) is 23.5. The Morgan fingerprint density at radius 2 is 1.63 bits per heavy atom. The van der Waals surface area contributed by atoms with Crippen molar-refractivity contribution in [3.05, 3.63) is 90.0 Å². The number of anilines is 2. The third kappa shape index (κ3) is 4.22. The zero-order valence-corrected chi connectivity index (χ0v) is 18.1. The van der Waals surface area contributed by atoms with Gasteiger partial charge in [0.15, 0.2) is 0 Å². The Morgan fingerprint density at radius 1 is 0.967 bits per heavy atom. The van der Waals surface area contributed by atoms with E-state index in [1.165, 1.54) is 5.56 Å². The maximum Gasteiger partial charge on any atom is 0.261 e. The van der Waals surface area contributed by atoms with Gasteiger partial charge in [-0.1, -0.05) is 49.4 Å². The fourth-order valence-corrected chi connectivity index (χ4v) is 5.63. The third-order valence-electron chi connectivity index (χ3n) is 4.99. The summed E-state index contributed by atoms with van der Waals surface area (Å²) < 4.78 is 27.6. The summed E-state index contributed by atoms with van der Waals surface area (Å²) in [5.74, 6) is 0.492. The molecule has 4 rings (SSSR count). The molecular weight excluding hydrogens is 416 g/mol. The van der Waals surface area contributed by atoms with Gasteiger partial charge in [-0.15, -0.1) is 11.8 Å². The van der Waals surface area contributed by atoms with E-state index in [-0.39, 0.29) is 16.2 Å². The highest BCUT2D eigenvalue weighted by molar-refractivity contribution is 8.00. The van der Waals surface area contributed by atoms with E-state index in [9.17, 15) is 13.2 Å². The SMILES string of the molecule is CCc1ccc(N2C(=O)CSC2c2ccc(NS(=O)(=O)c3ccccc3)cc2)cc1. The first-order valence-electron chi connectivity index (χ1n) is 9.68. The lowest BCUT2D eigenvalue weighted by molar-refractivity contribution is -0.115. The van der Waals surface area contributed by atoms with E-state index in [4.69, 9.17) is 0 Å². The maximum absolute atomic E-state index is 12.5. The van der Waals surface area contributed by atoms with Crippen LogP contribution in [-0.4, -0.2) is 20.1 Å². The molecule has 7 heteroatoms. The van der Waals surface area contributed by atoms with Crippen LogP contribution >= 0.6 is 11.8 Å². The molecule has 1 amide bonds. The average molecular weight is 439 g/mol. The second kappa shape index (κ2) is 8.53. The molecule has 0 spiro atoms. The molecule has 3 aromatic carbocycles. The van der Waals surface area contributed by atoms with Crippen molar-refractivity contribution in [3.63, 3.8) is 0 Å². The van der Waals surface area contributed by atoms with Crippen molar-refractivity contribution >= 4 is 39.1 Å². The number of benzene rings is 3. The summed E-state index contributed by atoms with van der Waals surface area (Å²) in [4.78, 5) is 14.6. The first-order chi connectivity index (χ1) is 14.5. The van der Waals surface area contributed by atoms with Crippen LogP contribution in [0.15, 0.2) is 83.8 Å². The molecule has 5 nitrogen and oxygen atoms in total. The lowest BCUT2D eigenvalue weighted by Gasteiger charge is -2.24. The molecule has 30 heavy (non-hydrogen) atoms. The van der Waals surface area contributed by atoms with Gasteiger partial charge in [0, 0.05) is 11.4 Å². The number of amides is 1. The van der Waals surface area contributed by atoms with Crippen LogP contribution in [0, 0.1) is 0 Å². The van der Waals surface area contributed by atoms with Gasteiger partial charge in [0.2, 0.25) is 5.91 Å². The molecule has 1 heterocycles. The molecule has 1 unspecified atom stereocenters. The van der Waals surface area contributed by atoms with Crippen LogP contribution in [0.25, 0.3) is 0 Å². The van der Waals surface area contributed by atoms with E-state index < -0.39 is 10.0 Å². The topological polar surface area (TPSA) is 66.5 Å². The minimum Gasteiger partial charge on any atom is -0.295 e. The molecule has 1 saturated heterocycles. The van der Waals surface area contributed by atoms with Gasteiger partial charge in [0.25, 0.3) is 10.0 Å². The van der Waals surface area contributed by atoms with E-state index in [1.54, 1.807) is 54.2 Å². The number of nitrogens with one attached hydrogen (secondary N) is 1. The standard InChI is InChI=1S/C23H22N2O3S2/c1-2-17-8-14-20(15-9-17)25-22(26)16-29-23(25)18-10-12-19(13-11-18)24-30(27,28)21-6-4-3-5-7-21/h3-15,23-24H,2,16H2,1H3. The number of hydrogen-bond donors (Lipinski definition) is 1. The normalized spacial score (nSPS) is 16.6. The van der Waals surface area contributed by atoms with E-state index in [0.717, 1.165) is 17.7 Å². The molecule has 0 bridgehead atoms. The molecule has 1 aliphatic heterocycles. The second-order valence-electron chi connectivity index (χ2n) is 6.99. The van der Waals surface area contributed by atoms with Gasteiger partial charge in [-0.3, -0.25) is 14.4 Å². The van der Waals surface area contributed by atoms with Crippen LogP contribution in [0.5, 0.6) is 0 Å². The zero-order valence-electron chi connectivity index (χ0n) is 16.5. The first kappa shape index (κ1) is 20.5. The molecule has 1 fully saturated rings. The van der Waals surface area contributed by atoms with E-state index >= 15 is 0 Å². The monoisotopic (exact) mass is 438 g/mol. The van der Waals surface area contributed by atoms with Crippen LogP contribution in [0.1, 0.15) is 23.4 Å². The van der Waals surface area contributed by atoms with Gasteiger partial charge in [-0.2, -0.15) is 0 Å². The van der Waals surface area contributed by atoms with Gasteiger partial charge in [0.05, 0.1) is 10.6 Å². The highest BCUT2D eigenvalue weighted by Crippen LogP contribution is 2.42. The number of hydrogen-bond acceptors (Lipinski definition) is 4. The minimum absolute atomic E-state index is 0.0723. The minimum atomic E-state index is -3.63. The second-order valence-corrected chi connectivity index (χ2v) is 9.74. The largest absolute Gasteiger partial charge is 0.295 e. The van der Waals surface area contributed by atoms with E-state index in [0.29, 0.717) is 11.4 Å². The zero-order chi connectivity index (χ0) is 21.1. The smallest absolute Gasteiger partial charge is 0.261 e. The van der Waals surface area contributed by atoms with Crippen molar-refractivity contribution in [1.82, 2.24) is 0 Å². The number of aryl methyl sites for hydroxylation is 1. The number of carbonyl (C=O) groups is 1. The van der Waals surface area contributed by atoms with Gasteiger partial charge < -0.3 is 0 Å². The van der Waals surface area contributed by atoms with Crippen molar-refractivity contribution in [2.24, 2.45) is 0 Å². The Bertz CT molecular complexity index is 1130. The average Bonchev–Trinajstić information content (AvgIpc) is 3.16. The number of sulfonamides is 1. The highest BCUT2D eigenvalue weighted by Gasteiger charge is 2.34. The van der Waals surface area contributed by atoms with Crippen LogP contribution in [0.3, 0.4) is 0 Å². The van der Waals surface area contributed by atoms with Gasteiger partial charge in [0.1, 0.15) is 5.37 Å². The predicted octanol–water partition coefficient (Wildman–Crippen LogP) is 4.83. The molecule has 0 aliphatic carbocycles. The fourth-order valence-electron chi connectivity index (χ4n) is 3.37.